The Balaban J connectivity index is 0.00000338. The molecule has 0 radical (unpaired) electrons. The van der Waals surface area contributed by atoms with Crippen LogP contribution in [-0.4, -0.2) is 13.0 Å². The summed E-state index contributed by atoms with van der Waals surface area (Å²) in [6, 6.07) is 11.1. The molecule has 7 heteroatoms. The molecule has 0 fully saturated rings. The molecule has 0 bridgehead atoms. The molecule has 1 N–H and O–H groups in total. The molecule has 26 heavy (non-hydrogen) atoms. The summed E-state index contributed by atoms with van der Waals surface area (Å²) in [6.45, 7) is 2.14. The van der Waals surface area contributed by atoms with Crippen molar-refractivity contribution in [2.75, 3.05) is 0 Å². The number of hydrogen-bond donors (Lipinski definition) is 1. The van der Waals surface area contributed by atoms with E-state index < -0.39 is 20.8 Å². The van der Waals surface area contributed by atoms with Crippen molar-refractivity contribution in [1.29, 1.82) is 0 Å². The number of para-hydroxylation sites is 1. The minimum atomic E-state index is -4.55. The Morgan fingerprint density at radius 3 is 2.27 bits per heavy atom. The molecule has 0 heterocycles. The van der Waals surface area contributed by atoms with E-state index >= 15 is 0 Å². The molecule has 0 saturated heterocycles. The molecule has 0 aliphatic rings. The maximum Gasteiger partial charge on any atom is 1.00 e. The molecular formula is C19H23NaO5S. The number of ether oxygens (including phenoxy) is 1. The van der Waals surface area contributed by atoms with Crippen LogP contribution in [-0.2, 0) is 16.5 Å². The van der Waals surface area contributed by atoms with Crippen LogP contribution in [0.1, 0.15) is 44.6 Å². The van der Waals surface area contributed by atoms with Crippen LogP contribution in [0.4, 0.5) is 0 Å². The molecule has 5 nitrogen and oxygen atoms in total. The number of hydrogen-bond acceptors (Lipinski definition) is 4. The van der Waals surface area contributed by atoms with Gasteiger partial charge in [-0.25, -0.2) is 0 Å². The van der Waals surface area contributed by atoms with E-state index in [0.717, 1.165) is 32.1 Å². The molecule has 0 aromatic heterocycles. The second-order valence-corrected chi connectivity index (χ2v) is 7.33. The van der Waals surface area contributed by atoms with E-state index in [1.165, 1.54) is 12.1 Å². The number of unbranched alkanes of at least 4 members (excludes halogenated alkanes) is 4. The van der Waals surface area contributed by atoms with Gasteiger partial charge in [0.2, 0.25) is 0 Å². The fourth-order valence-electron chi connectivity index (χ4n) is 2.61. The van der Waals surface area contributed by atoms with Gasteiger partial charge in [0.25, 0.3) is 10.1 Å². The molecule has 0 aliphatic heterocycles. The minimum Gasteiger partial charge on any atom is -0.870 e. The molecule has 2 aromatic carbocycles. The summed E-state index contributed by atoms with van der Waals surface area (Å²) in [5.41, 5.74) is 0.495. The Morgan fingerprint density at radius 1 is 1.00 bits per heavy atom. The molecule has 0 saturated carbocycles. The normalized spacial score (nSPS) is 11.0. The Kier molecular flexibility index (Phi) is 9.68. The van der Waals surface area contributed by atoms with Gasteiger partial charge in [-0.05, 0) is 31.0 Å². The number of rotatable bonds is 9. The Morgan fingerprint density at radius 2 is 1.65 bits per heavy atom. The summed E-state index contributed by atoms with van der Waals surface area (Å²) >= 11 is 0. The molecule has 0 aliphatic carbocycles. The Hall–Kier alpha value is -1.05. The summed E-state index contributed by atoms with van der Waals surface area (Å²) < 4.78 is 38.0. The van der Waals surface area contributed by atoms with Gasteiger partial charge in [-0.1, -0.05) is 68.2 Å². The van der Waals surface area contributed by atoms with Crippen LogP contribution in [0, 0.1) is 0 Å². The largest absolute Gasteiger partial charge is 1.00 e. The Bertz CT molecular complexity index is 791. The molecule has 2 rings (SSSR count). The second kappa shape index (κ2) is 10.9. The van der Waals surface area contributed by atoms with Crippen LogP contribution < -0.4 is 39.4 Å². The summed E-state index contributed by atoms with van der Waals surface area (Å²) in [7, 11) is -4.55. The summed E-state index contributed by atoms with van der Waals surface area (Å²) in [6.07, 6.45) is 5.84. The van der Waals surface area contributed by atoms with E-state index in [-0.39, 0.29) is 35.3 Å². The third-order valence-corrected chi connectivity index (χ3v) is 4.83. The first kappa shape index (κ1) is 23.0. The van der Waals surface area contributed by atoms with Crippen molar-refractivity contribution in [3.63, 3.8) is 0 Å². The SMILES string of the molecule is CCCCCCCc1ccc(S(=O)(=O)O)c(Oc2ccccc2)c1[O-].[Na+]. The van der Waals surface area contributed by atoms with E-state index in [9.17, 15) is 18.1 Å². The second-order valence-electron chi connectivity index (χ2n) is 5.94. The maximum atomic E-state index is 12.7. The molecule has 0 atom stereocenters. The first-order valence-electron chi connectivity index (χ1n) is 8.46. The van der Waals surface area contributed by atoms with Crippen molar-refractivity contribution >= 4 is 10.1 Å². The van der Waals surface area contributed by atoms with Gasteiger partial charge in [0.15, 0.2) is 0 Å². The monoisotopic (exact) mass is 386 g/mol. The molecule has 0 spiro atoms. The van der Waals surface area contributed by atoms with E-state index in [1.54, 1.807) is 30.3 Å². The third kappa shape index (κ3) is 6.59. The zero-order valence-corrected chi connectivity index (χ0v) is 18.1. The molecule has 136 valence electrons. The van der Waals surface area contributed by atoms with Gasteiger partial charge in [-0.3, -0.25) is 4.55 Å². The van der Waals surface area contributed by atoms with Gasteiger partial charge in [-0.15, -0.1) is 0 Å². The van der Waals surface area contributed by atoms with Crippen molar-refractivity contribution in [2.24, 2.45) is 0 Å². The zero-order chi connectivity index (χ0) is 18.3. The van der Waals surface area contributed by atoms with Gasteiger partial charge in [0, 0.05) is 0 Å². The van der Waals surface area contributed by atoms with Gasteiger partial charge in [0.05, 0.1) is 0 Å². The fourth-order valence-corrected chi connectivity index (χ4v) is 3.22. The van der Waals surface area contributed by atoms with E-state index in [0.29, 0.717) is 17.7 Å². The van der Waals surface area contributed by atoms with Crippen LogP contribution in [0.2, 0.25) is 0 Å². The van der Waals surface area contributed by atoms with Gasteiger partial charge < -0.3 is 9.84 Å². The first-order chi connectivity index (χ1) is 11.9. The smallest absolute Gasteiger partial charge is 0.870 e. The standard InChI is InChI=1S/C19H24O5S.Na/c1-2-3-4-5-7-10-15-13-14-17(25(21,22)23)19(18(15)20)24-16-11-8-6-9-12-16;/h6,8-9,11-14,20H,2-5,7,10H2,1H3,(H,21,22,23);/q;+1/p-1. The van der Waals surface area contributed by atoms with E-state index in [1.807, 2.05) is 0 Å². The quantitative estimate of drug-likeness (QED) is 0.399. The van der Waals surface area contributed by atoms with E-state index in [4.69, 9.17) is 4.74 Å². The molecule has 0 amide bonds. The van der Waals surface area contributed by atoms with Crippen LogP contribution >= 0.6 is 0 Å². The average molecular weight is 386 g/mol. The summed E-state index contributed by atoms with van der Waals surface area (Å²) in [4.78, 5) is -0.504. The predicted octanol–water partition coefficient (Wildman–Crippen LogP) is 1.32. The number of benzene rings is 2. The third-order valence-electron chi connectivity index (χ3n) is 3.95. The van der Waals surface area contributed by atoms with Crippen molar-refractivity contribution in [3.05, 3.63) is 48.0 Å². The van der Waals surface area contributed by atoms with Crippen LogP contribution in [0.3, 0.4) is 0 Å². The Labute approximate surface area is 177 Å². The van der Waals surface area contributed by atoms with Crippen molar-refractivity contribution in [3.8, 4) is 17.2 Å². The van der Waals surface area contributed by atoms with Crippen LogP contribution in [0.5, 0.6) is 17.2 Å². The van der Waals surface area contributed by atoms with Gasteiger partial charge >= 0.3 is 29.6 Å². The first-order valence-corrected chi connectivity index (χ1v) is 9.90. The average Bonchev–Trinajstić information content (AvgIpc) is 2.57. The molecule has 0 unspecified atom stereocenters. The number of aryl methyl sites for hydroxylation is 1. The van der Waals surface area contributed by atoms with Crippen molar-refractivity contribution in [2.45, 2.75) is 50.3 Å². The molecule has 2 aromatic rings. The van der Waals surface area contributed by atoms with Crippen LogP contribution in [0.25, 0.3) is 0 Å². The van der Waals surface area contributed by atoms with Crippen molar-refractivity contribution in [1.82, 2.24) is 0 Å². The van der Waals surface area contributed by atoms with Gasteiger partial charge in [-0.2, -0.15) is 8.42 Å². The molecular weight excluding hydrogens is 363 g/mol. The summed E-state index contributed by atoms with van der Waals surface area (Å²) in [5.74, 6) is -0.501. The topological polar surface area (TPSA) is 86.7 Å². The minimum absolute atomic E-state index is 0. The van der Waals surface area contributed by atoms with Crippen LogP contribution in [0.15, 0.2) is 47.4 Å². The van der Waals surface area contributed by atoms with Gasteiger partial charge in [0.1, 0.15) is 16.4 Å². The maximum absolute atomic E-state index is 12.7. The summed E-state index contributed by atoms with van der Waals surface area (Å²) in [5, 5.41) is 12.7. The van der Waals surface area contributed by atoms with Crippen molar-refractivity contribution < 1.29 is 52.4 Å². The fraction of sp³-hybridized carbons (Fsp3) is 0.368. The predicted molar refractivity (Wildman–Crippen MR) is 94.7 cm³/mol. The van der Waals surface area contributed by atoms with E-state index in [2.05, 4.69) is 6.92 Å². The zero-order valence-electron chi connectivity index (χ0n) is 15.3.